The van der Waals surface area contributed by atoms with Crippen LogP contribution >= 0.6 is 0 Å². The van der Waals surface area contributed by atoms with E-state index in [2.05, 4.69) is 13.2 Å². The Balaban J connectivity index is 0. The van der Waals surface area contributed by atoms with E-state index in [0.29, 0.717) is 13.0 Å². The molecule has 1 aliphatic rings. The Kier molecular flexibility index (Phi) is 12.1. The molecule has 1 fully saturated rings. The highest BCUT2D eigenvalue weighted by Crippen LogP contribution is 2.06. The van der Waals surface area contributed by atoms with Crippen molar-refractivity contribution in [3.8, 4) is 0 Å². The lowest BCUT2D eigenvalue weighted by atomic mass is 10.2. The van der Waals surface area contributed by atoms with E-state index in [1.54, 1.807) is 0 Å². The van der Waals surface area contributed by atoms with Gasteiger partial charge in [-0.3, -0.25) is 4.79 Å². The van der Waals surface area contributed by atoms with Gasteiger partial charge in [0.1, 0.15) is 0 Å². The number of ether oxygens (including phenoxy) is 1. The second-order valence-electron chi connectivity index (χ2n) is 4.20. The molecular formula is C14H22O6. The summed E-state index contributed by atoms with van der Waals surface area (Å²) in [6.07, 6.45) is 3.83. The first-order valence-electron chi connectivity index (χ1n) is 6.11. The highest BCUT2D eigenvalue weighted by Gasteiger charge is 2.05. The molecule has 1 saturated heterocycles. The summed E-state index contributed by atoms with van der Waals surface area (Å²) in [5, 5.41) is 15.8. The number of aliphatic carboxylic acids is 2. The van der Waals surface area contributed by atoms with Crippen molar-refractivity contribution >= 4 is 17.9 Å². The quantitative estimate of drug-likeness (QED) is 0.597. The Bertz CT molecular complexity index is 312. The van der Waals surface area contributed by atoms with Crippen molar-refractivity contribution in [2.45, 2.75) is 39.5 Å². The van der Waals surface area contributed by atoms with Gasteiger partial charge in [0.25, 0.3) is 0 Å². The van der Waals surface area contributed by atoms with Crippen molar-refractivity contribution in [2.24, 2.45) is 0 Å². The number of esters is 1. The van der Waals surface area contributed by atoms with Crippen LogP contribution in [0.3, 0.4) is 0 Å². The molecule has 0 radical (unpaired) electrons. The number of hydrogen-bond acceptors (Lipinski definition) is 4. The highest BCUT2D eigenvalue weighted by atomic mass is 16.5. The third-order valence-electron chi connectivity index (χ3n) is 2.02. The van der Waals surface area contributed by atoms with Crippen LogP contribution in [-0.4, -0.2) is 34.7 Å². The predicted octanol–water partition coefficient (Wildman–Crippen LogP) is 2.40. The molecule has 0 unspecified atom stereocenters. The second kappa shape index (κ2) is 12.0. The van der Waals surface area contributed by atoms with E-state index < -0.39 is 11.9 Å². The van der Waals surface area contributed by atoms with Crippen molar-refractivity contribution in [1.29, 1.82) is 0 Å². The SMILES string of the molecule is C=C(C)C(=O)O.C=C(C)C(=O)O.O=C1CCCCCO1. The van der Waals surface area contributed by atoms with Gasteiger partial charge in [-0.05, 0) is 33.1 Å². The monoisotopic (exact) mass is 286 g/mol. The van der Waals surface area contributed by atoms with Gasteiger partial charge in [0, 0.05) is 17.6 Å². The van der Waals surface area contributed by atoms with Gasteiger partial charge in [0.15, 0.2) is 0 Å². The zero-order valence-electron chi connectivity index (χ0n) is 12.0. The third-order valence-corrected chi connectivity index (χ3v) is 2.02. The lowest BCUT2D eigenvalue weighted by Gasteiger charge is -1.93. The number of carboxylic acid groups (broad SMARTS) is 2. The first-order valence-corrected chi connectivity index (χ1v) is 6.11. The number of rotatable bonds is 2. The van der Waals surface area contributed by atoms with E-state index >= 15 is 0 Å². The minimum absolute atomic E-state index is 0.0255. The van der Waals surface area contributed by atoms with Crippen molar-refractivity contribution < 1.29 is 29.3 Å². The van der Waals surface area contributed by atoms with Crippen LogP contribution in [0.1, 0.15) is 39.5 Å². The maximum atomic E-state index is 10.5. The molecule has 2 N–H and O–H groups in total. The second-order valence-corrected chi connectivity index (χ2v) is 4.20. The number of carbonyl (C=O) groups excluding carboxylic acids is 1. The molecule has 0 aliphatic carbocycles. The van der Waals surface area contributed by atoms with E-state index in [-0.39, 0.29) is 17.1 Å². The van der Waals surface area contributed by atoms with Crippen LogP contribution in [0.4, 0.5) is 0 Å². The molecule has 114 valence electrons. The van der Waals surface area contributed by atoms with Gasteiger partial charge in [-0.2, -0.15) is 0 Å². The summed E-state index contributed by atoms with van der Waals surface area (Å²) < 4.78 is 4.76. The predicted molar refractivity (Wildman–Crippen MR) is 74.3 cm³/mol. The molecule has 0 atom stereocenters. The van der Waals surface area contributed by atoms with E-state index in [4.69, 9.17) is 14.9 Å². The molecule has 0 spiro atoms. The Morgan fingerprint density at radius 1 is 1.00 bits per heavy atom. The van der Waals surface area contributed by atoms with Gasteiger partial charge >= 0.3 is 17.9 Å². The van der Waals surface area contributed by atoms with Gasteiger partial charge in [0.2, 0.25) is 0 Å². The summed E-state index contributed by atoms with van der Waals surface area (Å²) >= 11 is 0. The zero-order valence-corrected chi connectivity index (χ0v) is 12.0. The fourth-order valence-electron chi connectivity index (χ4n) is 0.806. The number of carboxylic acids is 2. The Morgan fingerprint density at radius 3 is 1.75 bits per heavy atom. The van der Waals surface area contributed by atoms with Gasteiger partial charge in [0.05, 0.1) is 6.61 Å². The maximum Gasteiger partial charge on any atom is 0.330 e. The van der Waals surface area contributed by atoms with Gasteiger partial charge in [-0.25, -0.2) is 9.59 Å². The molecule has 0 bridgehead atoms. The topological polar surface area (TPSA) is 101 Å². The summed E-state index contributed by atoms with van der Waals surface area (Å²) in [5.41, 5.74) is 0.352. The third kappa shape index (κ3) is 15.9. The van der Waals surface area contributed by atoms with Crippen molar-refractivity contribution in [1.82, 2.24) is 0 Å². The standard InChI is InChI=1S/C6H10O2.2C4H6O2/c7-6-4-2-1-3-5-8-6;2*1-3(2)4(5)6/h1-5H2;2*1H2,2H3,(H,5,6). The minimum Gasteiger partial charge on any atom is -0.478 e. The van der Waals surface area contributed by atoms with E-state index in [9.17, 15) is 14.4 Å². The Hall–Kier alpha value is -2.11. The first kappa shape index (κ1) is 20.2. The number of hydrogen-bond donors (Lipinski definition) is 2. The average Bonchev–Trinajstić information content (AvgIpc) is 2.58. The van der Waals surface area contributed by atoms with Crippen LogP contribution < -0.4 is 0 Å². The molecular weight excluding hydrogens is 264 g/mol. The summed E-state index contributed by atoms with van der Waals surface area (Å²) in [5.74, 6) is -1.90. The molecule has 0 aromatic rings. The van der Waals surface area contributed by atoms with Crippen LogP contribution in [0.5, 0.6) is 0 Å². The van der Waals surface area contributed by atoms with E-state index in [1.807, 2.05) is 0 Å². The molecule has 1 heterocycles. The van der Waals surface area contributed by atoms with Gasteiger partial charge in [-0.1, -0.05) is 13.2 Å². The fourth-order valence-corrected chi connectivity index (χ4v) is 0.806. The summed E-state index contributed by atoms with van der Waals surface area (Å²) in [6.45, 7) is 9.84. The number of cyclic esters (lactones) is 1. The van der Waals surface area contributed by atoms with Crippen LogP contribution in [0.15, 0.2) is 24.3 Å². The first-order chi connectivity index (χ1) is 9.18. The lowest BCUT2D eigenvalue weighted by molar-refractivity contribution is -0.142. The van der Waals surface area contributed by atoms with Crippen molar-refractivity contribution in [3.05, 3.63) is 24.3 Å². The minimum atomic E-state index is -0.935. The average molecular weight is 286 g/mol. The molecule has 0 amide bonds. The molecule has 1 aliphatic heterocycles. The Labute approximate surface area is 118 Å². The van der Waals surface area contributed by atoms with Crippen LogP contribution in [-0.2, 0) is 19.1 Å². The normalized spacial score (nSPS) is 13.2. The largest absolute Gasteiger partial charge is 0.478 e. The highest BCUT2D eigenvalue weighted by molar-refractivity contribution is 5.85. The molecule has 0 saturated carbocycles. The zero-order chi connectivity index (χ0) is 16.1. The van der Waals surface area contributed by atoms with E-state index in [0.717, 1.165) is 19.3 Å². The van der Waals surface area contributed by atoms with Crippen molar-refractivity contribution in [3.63, 3.8) is 0 Å². The maximum absolute atomic E-state index is 10.5. The Morgan fingerprint density at radius 2 is 1.40 bits per heavy atom. The summed E-state index contributed by atoms with van der Waals surface area (Å²) in [7, 11) is 0. The van der Waals surface area contributed by atoms with E-state index in [1.165, 1.54) is 13.8 Å². The van der Waals surface area contributed by atoms with Crippen molar-refractivity contribution in [2.75, 3.05) is 6.61 Å². The van der Waals surface area contributed by atoms with Crippen LogP contribution in [0.2, 0.25) is 0 Å². The molecule has 0 aromatic carbocycles. The van der Waals surface area contributed by atoms with Crippen LogP contribution in [0, 0.1) is 0 Å². The molecule has 6 heteroatoms. The number of carbonyl (C=O) groups is 3. The molecule has 20 heavy (non-hydrogen) atoms. The smallest absolute Gasteiger partial charge is 0.330 e. The lowest BCUT2D eigenvalue weighted by Crippen LogP contribution is -2.00. The van der Waals surface area contributed by atoms with Crippen LogP contribution in [0.25, 0.3) is 0 Å². The summed E-state index contributed by atoms with van der Waals surface area (Å²) in [6, 6.07) is 0. The molecule has 6 nitrogen and oxygen atoms in total. The van der Waals surface area contributed by atoms with Gasteiger partial charge < -0.3 is 14.9 Å². The molecule has 1 rings (SSSR count). The van der Waals surface area contributed by atoms with Gasteiger partial charge in [-0.15, -0.1) is 0 Å². The fraction of sp³-hybridized carbons (Fsp3) is 0.500. The summed E-state index contributed by atoms with van der Waals surface area (Å²) in [4.78, 5) is 29.7. The molecule has 0 aromatic heterocycles.